The molecule has 182 valence electrons. The average molecular weight is 475 g/mol. The maximum absolute atomic E-state index is 13.3. The van der Waals surface area contributed by atoms with Gasteiger partial charge in [0.1, 0.15) is 5.82 Å². The second-order valence-electron chi connectivity index (χ2n) is 8.81. The zero-order chi connectivity index (χ0) is 24.6. The molecule has 1 aliphatic rings. The Morgan fingerprint density at radius 3 is 2.03 bits per heavy atom. The van der Waals surface area contributed by atoms with E-state index in [4.69, 9.17) is 0 Å². The van der Waals surface area contributed by atoms with E-state index in [1.807, 2.05) is 72.5 Å². The van der Waals surface area contributed by atoms with Gasteiger partial charge in [-0.1, -0.05) is 66.7 Å². The number of anilines is 1. The minimum atomic E-state index is -0.384. The van der Waals surface area contributed by atoms with Crippen LogP contribution in [-0.2, 0) is 9.59 Å². The molecule has 2 amide bonds. The summed E-state index contributed by atoms with van der Waals surface area (Å²) in [6, 6.07) is 25.3. The number of benzene rings is 3. The van der Waals surface area contributed by atoms with Gasteiger partial charge in [0.15, 0.2) is 0 Å². The second kappa shape index (κ2) is 11.7. The Morgan fingerprint density at radius 2 is 1.46 bits per heavy atom. The highest BCUT2D eigenvalue weighted by Gasteiger charge is 2.28. The molecule has 4 rings (SSSR count). The molecule has 0 bridgehead atoms. The molecule has 1 unspecified atom stereocenters. The first-order valence-electron chi connectivity index (χ1n) is 11.9. The Labute approximate surface area is 205 Å². The van der Waals surface area contributed by atoms with Crippen molar-refractivity contribution in [3.63, 3.8) is 0 Å². The monoisotopic (exact) mass is 474 g/mol. The van der Waals surface area contributed by atoms with Crippen LogP contribution in [-0.4, -0.2) is 60.4 Å². The van der Waals surface area contributed by atoms with E-state index in [1.54, 1.807) is 12.1 Å². The summed E-state index contributed by atoms with van der Waals surface area (Å²) in [7, 11) is 0. The first-order chi connectivity index (χ1) is 17.0. The van der Waals surface area contributed by atoms with E-state index in [0.29, 0.717) is 31.9 Å². The molecule has 0 aliphatic carbocycles. The topological polar surface area (TPSA) is 64.7 Å². The van der Waals surface area contributed by atoms with Crippen LogP contribution in [0.4, 0.5) is 10.1 Å². The minimum absolute atomic E-state index is 0.0278. The van der Waals surface area contributed by atoms with E-state index in [2.05, 4.69) is 15.5 Å². The fourth-order valence-corrected chi connectivity index (χ4v) is 4.36. The molecule has 1 aliphatic heterocycles. The molecular weight excluding hydrogens is 443 g/mol. The minimum Gasteiger partial charge on any atom is -0.344 e. The van der Waals surface area contributed by atoms with Crippen LogP contribution in [0.2, 0.25) is 0 Å². The van der Waals surface area contributed by atoms with E-state index in [1.165, 1.54) is 12.1 Å². The standard InChI is InChI=1S/C28H31FN4O2/c1-21(28(35)31-27(22-9-4-2-5-10-22)23-11-6-3-7-12-23)33-17-15-32(16-18-33)20-26(34)30-25-14-8-13-24(29)19-25/h2-14,19,21,27H,15-18,20H2,1H3,(H,30,34)(H,31,35). The van der Waals surface area contributed by atoms with Gasteiger partial charge in [-0.25, -0.2) is 4.39 Å². The SMILES string of the molecule is CC(C(=O)NC(c1ccccc1)c1ccccc1)N1CCN(CC(=O)Nc2cccc(F)c2)CC1. The Morgan fingerprint density at radius 1 is 0.857 bits per heavy atom. The summed E-state index contributed by atoms with van der Waals surface area (Å²) >= 11 is 0. The Balaban J connectivity index is 1.30. The maximum atomic E-state index is 13.3. The van der Waals surface area contributed by atoms with Crippen molar-refractivity contribution in [3.05, 3.63) is 102 Å². The summed E-state index contributed by atoms with van der Waals surface area (Å²) in [4.78, 5) is 29.8. The van der Waals surface area contributed by atoms with Crippen LogP contribution in [0.25, 0.3) is 0 Å². The van der Waals surface area contributed by atoms with E-state index >= 15 is 0 Å². The quantitative estimate of drug-likeness (QED) is 0.523. The van der Waals surface area contributed by atoms with Crippen LogP contribution in [0.15, 0.2) is 84.9 Å². The third kappa shape index (κ3) is 6.74. The van der Waals surface area contributed by atoms with Crippen molar-refractivity contribution in [2.75, 3.05) is 38.0 Å². The number of piperazine rings is 1. The number of carbonyl (C=O) groups excluding carboxylic acids is 2. The lowest BCUT2D eigenvalue weighted by atomic mass is 9.98. The predicted molar refractivity (Wildman–Crippen MR) is 135 cm³/mol. The summed E-state index contributed by atoms with van der Waals surface area (Å²) in [5.74, 6) is -0.589. The first-order valence-corrected chi connectivity index (χ1v) is 11.9. The number of rotatable bonds is 8. The molecule has 0 aromatic heterocycles. The van der Waals surface area contributed by atoms with Crippen molar-refractivity contribution in [2.24, 2.45) is 0 Å². The molecule has 6 nitrogen and oxygen atoms in total. The zero-order valence-corrected chi connectivity index (χ0v) is 19.9. The Hall–Kier alpha value is -3.55. The third-order valence-electron chi connectivity index (χ3n) is 6.36. The number of carbonyl (C=O) groups is 2. The van der Waals surface area contributed by atoms with Crippen molar-refractivity contribution < 1.29 is 14.0 Å². The molecule has 0 saturated carbocycles. The van der Waals surface area contributed by atoms with Gasteiger partial charge < -0.3 is 10.6 Å². The van der Waals surface area contributed by atoms with Gasteiger partial charge in [-0.2, -0.15) is 0 Å². The number of halogens is 1. The third-order valence-corrected chi connectivity index (χ3v) is 6.36. The summed E-state index contributed by atoms with van der Waals surface area (Å²) in [5, 5.41) is 5.97. The summed E-state index contributed by atoms with van der Waals surface area (Å²) < 4.78 is 13.3. The fraction of sp³-hybridized carbons (Fsp3) is 0.286. The fourth-order valence-electron chi connectivity index (χ4n) is 4.36. The number of hydrogen-bond donors (Lipinski definition) is 2. The van der Waals surface area contributed by atoms with Gasteiger partial charge in [0, 0.05) is 31.9 Å². The highest BCUT2D eigenvalue weighted by molar-refractivity contribution is 5.92. The lowest BCUT2D eigenvalue weighted by Crippen LogP contribution is -2.55. The van der Waals surface area contributed by atoms with Crippen LogP contribution in [0.3, 0.4) is 0 Å². The molecule has 2 N–H and O–H groups in total. The van der Waals surface area contributed by atoms with Crippen molar-refractivity contribution in [3.8, 4) is 0 Å². The lowest BCUT2D eigenvalue weighted by Gasteiger charge is -2.37. The maximum Gasteiger partial charge on any atom is 0.238 e. The molecule has 3 aromatic rings. The Kier molecular flexibility index (Phi) is 8.23. The van der Waals surface area contributed by atoms with Gasteiger partial charge in [-0.05, 0) is 36.2 Å². The molecule has 0 radical (unpaired) electrons. The van der Waals surface area contributed by atoms with Gasteiger partial charge >= 0.3 is 0 Å². The van der Waals surface area contributed by atoms with Gasteiger partial charge in [-0.15, -0.1) is 0 Å². The molecule has 35 heavy (non-hydrogen) atoms. The predicted octanol–water partition coefficient (Wildman–Crippen LogP) is 3.68. The number of amides is 2. The molecule has 0 spiro atoms. The van der Waals surface area contributed by atoms with E-state index in [9.17, 15) is 14.0 Å². The summed E-state index contributed by atoms with van der Waals surface area (Å²) in [6.07, 6.45) is 0. The van der Waals surface area contributed by atoms with E-state index in [-0.39, 0.29) is 36.3 Å². The smallest absolute Gasteiger partial charge is 0.238 e. The normalized spacial score (nSPS) is 15.5. The van der Waals surface area contributed by atoms with Crippen LogP contribution in [0, 0.1) is 5.82 Å². The molecular formula is C28H31FN4O2. The highest BCUT2D eigenvalue weighted by atomic mass is 19.1. The first kappa shape index (κ1) is 24.6. The van der Waals surface area contributed by atoms with E-state index < -0.39 is 0 Å². The number of nitrogens with one attached hydrogen (secondary N) is 2. The van der Waals surface area contributed by atoms with Crippen LogP contribution in [0.5, 0.6) is 0 Å². The van der Waals surface area contributed by atoms with Gasteiger partial charge in [0.2, 0.25) is 11.8 Å². The lowest BCUT2D eigenvalue weighted by molar-refractivity contribution is -0.127. The molecule has 1 heterocycles. The van der Waals surface area contributed by atoms with E-state index in [0.717, 1.165) is 11.1 Å². The Bertz CT molecular complexity index is 1080. The van der Waals surface area contributed by atoms with Crippen LogP contribution < -0.4 is 10.6 Å². The molecule has 1 saturated heterocycles. The number of hydrogen-bond acceptors (Lipinski definition) is 4. The van der Waals surface area contributed by atoms with Gasteiger partial charge in [0.05, 0.1) is 18.6 Å². The number of nitrogens with zero attached hydrogens (tertiary/aromatic N) is 2. The molecule has 1 fully saturated rings. The molecule has 1 atom stereocenters. The zero-order valence-electron chi connectivity index (χ0n) is 19.9. The average Bonchev–Trinajstić information content (AvgIpc) is 2.88. The molecule has 3 aromatic carbocycles. The largest absolute Gasteiger partial charge is 0.344 e. The van der Waals surface area contributed by atoms with Crippen LogP contribution in [0.1, 0.15) is 24.1 Å². The van der Waals surface area contributed by atoms with Crippen molar-refractivity contribution in [2.45, 2.75) is 19.0 Å². The van der Waals surface area contributed by atoms with Gasteiger partial charge in [0.25, 0.3) is 0 Å². The summed E-state index contributed by atoms with van der Waals surface area (Å²) in [5.41, 5.74) is 2.52. The van der Waals surface area contributed by atoms with Crippen molar-refractivity contribution >= 4 is 17.5 Å². The highest BCUT2D eigenvalue weighted by Crippen LogP contribution is 2.22. The van der Waals surface area contributed by atoms with Gasteiger partial charge in [-0.3, -0.25) is 19.4 Å². The summed E-state index contributed by atoms with van der Waals surface area (Å²) in [6.45, 7) is 4.88. The van der Waals surface area contributed by atoms with Crippen LogP contribution >= 0.6 is 0 Å². The molecule has 7 heteroatoms. The van der Waals surface area contributed by atoms with Crippen molar-refractivity contribution in [1.29, 1.82) is 0 Å². The second-order valence-corrected chi connectivity index (χ2v) is 8.81. The van der Waals surface area contributed by atoms with Crippen molar-refractivity contribution in [1.82, 2.24) is 15.1 Å².